The summed E-state index contributed by atoms with van der Waals surface area (Å²) in [6.45, 7) is 25.3. The van der Waals surface area contributed by atoms with Gasteiger partial charge in [-0.2, -0.15) is 0 Å². The molecule has 5 aliphatic carbocycles. The van der Waals surface area contributed by atoms with E-state index in [1.165, 1.54) is 50.5 Å². The predicted molar refractivity (Wildman–Crippen MR) is 238 cm³/mol. The molecule has 4 bridgehead atoms. The fourth-order valence-corrected chi connectivity index (χ4v) is 8.87. The van der Waals surface area contributed by atoms with E-state index in [2.05, 4.69) is 48.5 Å². The molecule has 1 unspecified atom stereocenters. The number of hydrogen-bond donors (Lipinski definition) is 1. The molecule has 5 nitrogen and oxygen atoms in total. The maximum Gasteiger partial charge on any atom is 0.312 e. The van der Waals surface area contributed by atoms with Crippen LogP contribution in [0, 0.1) is 46.3 Å². The maximum absolute atomic E-state index is 12.8. The first-order valence-corrected chi connectivity index (χ1v) is 19.6. The molecule has 0 radical (unpaired) electrons. The molecule has 1 aromatic carbocycles. The third-order valence-corrected chi connectivity index (χ3v) is 13.3. The number of aromatic hydroxyl groups is 1. The minimum Gasteiger partial charge on any atom is -0.508 e. The number of phenolic OH excluding ortho intramolecular Hbond substituents is 1. The van der Waals surface area contributed by atoms with Crippen molar-refractivity contribution in [3.8, 4) is 5.75 Å². The molecular weight excluding hydrogens is 669 g/mol. The van der Waals surface area contributed by atoms with E-state index < -0.39 is 0 Å². The largest absolute Gasteiger partial charge is 0.508 e. The van der Waals surface area contributed by atoms with E-state index in [-0.39, 0.29) is 78.5 Å². The minimum atomic E-state index is -0.351. The third kappa shape index (κ3) is 13.3. The van der Waals surface area contributed by atoms with E-state index in [4.69, 9.17) is 14.6 Å². The smallest absolute Gasteiger partial charge is 0.312 e. The first-order chi connectivity index (χ1) is 22.4. The monoisotopic (exact) mass is 765 g/mol. The average Bonchev–Trinajstić information content (AvgIpc) is 3.52. The van der Waals surface area contributed by atoms with Crippen molar-refractivity contribution >= 4 is 11.9 Å². The van der Waals surface area contributed by atoms with Gasteiger partial charge in [-0.3, -0.25) is 9.59 Å². The second-order valence-electron chi connectivity index (χ2n) is 17.9. The number of benzene rings is 1. The van der Waals surface area contributed by atoms with Gasteiger partial charge >= 0.3 is 11.9 Å². The van der Waals surface area contributed by atoms with Crippen molar-refractivity contribution in [1.29, 1.82) is 0 Å². The molecule has 5 saturated carbocycles. The van der Waals surface area contributed by atoms with Crippen LogP contribution in [0.5, 0.6) is 5.75 Å². The first kappa shape index (κ1) is 58.7. The summed E-state index contributed by atoms with van der Waals surface area (Å²) in [5, 5.41) is 9.01. The summed E-state index contributed by atoms with van der Waals surface area (Å²) in [5.41, 5.74) is 0.256. The van der Waals surface area contributed by atoms with Crippen LogP contribution in [-0.2, 0) is 19.1 Å². The van der Waals surface area contributed by atoms with Crippen molar-refractivity contribution in [2.45, 2.75) is 222 Å². The van der Waals surface area contributed by atoms with Gasteiger partial charge in [-0.05, 0) is 164 Å². The van der Waals surface area contributed by atoms with Crippen LogP contribution in [0.25, 0.3) is 0 Å². The molecule has 322 valence electrons. The van der Waals surface area contributed by atoms with Gasteiger partial charge in [0.1, 0.15) is 17.0 Å². The van der Waals surface area contributed by atoms with Crippen LogP contribution in [0.1, 0.15) is 216 Å². The Balaban J connectivity index is -0.000000343. The average molecular weight is 765 g/mol. The van der Waals surface area contributed by atoms with Gasteiger partial charge < -0.3 is 14.6 Å². The third-order valence-electron chi connectivity index (χ3n) is 13.3. The topological polar surface area (TPSA) is 72.8 Å². The summed E-state index contributed by atoms with van der Waals surface area (Å²) in [6, 6.07) is 7.43. The normalized spacial score (nSPS) is 24.8. The molecule has 0 saturated heterocycles. The van der Waals surface area contributed by atoms with Gasteiger partial charge in [0, 0.05) is 0 Å². The van der Waals surface area contributed by atoms with Gasteiger partial charge in [-0.15, -0.1) is 0 Å². The zero-order valence-electron chi connectivity index (χ0n) is 32.9. The molecule has 0 heterocycles. The Morgan fingerprint density at radius 1 is 0.667 bits per heavy atom. The lowest BCUT2D eigenvalue weighted by Crippen LogP contribution is -2.63. The van der Waals surface area contributed by atoms with Crippen molar-refractivity contribution < 1.29 is 24.2 Å². The highest BCUT2D eigenvalue weighted by atomic mass is 16.6. The van der Waals surface area contributed by atoms with Crippen LogP contribution >= 0.6 is 0 Å². The summed E-state index contributed by atoms with van der Waals surface area (Å²) in [7, 11) is 0. The molecule has 1 N–H and O–H groups in total. The number of ether oxygens (including phenoxy) is 2. The number of hydrogen-bond acceptors (Lipinski definition) is 5. The van der Waals surface area contributed by atoms with E-state index in [1.807, 2.05) is 46.8 Å². The zero-order valence-corrected chi connectivity index (χ0v) is 32.9. The van der Waals surface area contributed by atoms with Crippen molar-refractivity contribution in [2.75, 3.05) is 0 Å². The van der Waals surface area contributed by atoms with Crippen molar-refractivity contribution in [3.63, 3.8) is 0 Å². The van der Waals surface area contributed by atoms with Gasteiger partial charge in [0.15, 0.2) is 0 Å². The Kier molecular flexibility index (Phi) is 26.0. The van der Waals surface area contributed by atoms with Gasteiger partial charge in [-0.1, -0.05) is 112 Å². The molecule has 0 amide bonds. The van der Waals surface area contributed by atoms with Crippen molar-refractivity contribution in [2.24, 2.45) is 46.3 Å². The van der Waals surface area contributed by atoms with E-state index in [0.29, 0.717) is 35.3 Å². The second-order valence-corrected chi connectivity index (χ2v) is 17.9. The molecule has 1 aromatic rings. The van der Waals surface area contributed by atoms with E-state index in [1.54, 1.807) is 12.1 Å². The molecule has 5 fully saturated rings. The summed E-state index contributed by atoms with van der Waals surface area (Å²) in [6.07, 6.45) is 13.9. The molecule has 0 aromatic heterocycles. The number of carbonyl (C=O) groups excluding carboxylic acids is 2. The number of rotatable bonds is 10. The molecular formula is C49H96O5. The minimum absolute atomic E-state index is 0. The predicted octanol–water partition coefficient (Wildman–Crippen LogP) is 15.5. The van der Waals surface area contributed by atoms with Gasteiger partial charge in [0.2, 0.25) is 0 Å². The van der Waals surface area contributed by atoms with Gasteiger partial charge in [-0.25, -0.2) is 0 Å². The fraction of sp³-hybridized carbons (Fsp3) is 0.837. The fourth-order valence-electron chi connectivity index (χ4n) is 8.87. The van der Waals surface area contributed by atoms with Gasteiger partial charge in [0.05, 0.1) is 10.8 Å². The number of carbonyl (C=O) groups is 2. The summed E-state index contributed by atoms with van der Waals surface area (Å²) >= 11 is 0. The summed E-state index contributed by atoms with van der Waals surface area (Å²) in [5.74, 6) is 4.87. The second kappa shape index (κ2) is 23.9. The Hall–Kier alpha value is -2.04. The number of esters is 2. The molecule has 1 atom stereocenters. The quantitative estimate of drug-likeness (QED) is 0.240. The Bertz CT molecular complexity index is 1140. The molecule has 5 aliphatic rings. The van der Waals surface area contributed by atoms with Crippen LogP contribution in [0.4, 0.5) is 0 Å². The lowest BCUT2D eigenvalue weighted by Gasteiger charge is -2.62. The number of phenols is 1. The highest BCUT2D eigenvalue weighted by molar-refractivity contribution is 5.77. The van der Waals surface area contributed by atoms with Crippen molar-refractivity contribution in [1.82, 2.24) is 0 Å². The Morgan fingerprint density at radius 2 is 1.06 bits per heavy atom. The standard InChI is InChI=1S/C19H32O2.C14H26O2.C10H14O.6CH4/c1-6-18(4,5)17(20)21-19(12(2)3)15-8-13-7-14(10-15)11-16(19)9-13;1-6-13(4,5)12(15)16-14(11(2)3)9-7-8-10-14;1-3-8(2)9-4-6-10(11)7-5-9;;;;;;/h12-16H,6-11H2,1-5H3;11H,6-10H2,1-5H3;4-8,11H,3H2,1-2H3;6*1H4. The first-order valence-electron chi connectivity index (χ1n) is 19.6. The SMILES string of the molecule is C.C.C.C.C.C.CCC(C)(C)C(=O)OC1(C(C)C)C2CC3CC(C2)CC1C3.CCC(C)(C)C(=O)OC1(C(C)C)CCCC1.CCC(C)c1ccc(O)cc1. The lowest BCUT2D eigenvalue weighted by molar-refractivity contribution is -0.231. The van der Waals surface area contributed by atoms with Crippen LogP contribution in [0.15, 0.2) is 24.3 Å². The highest BCUT2D eigenvalue weighted by Gasteiger charge is 2.61. The van der Waals surface area contributed by atoms with Crippen LogP contribution in [0.2, 0.25) is 0 Å². The molecule has 54 heavy (non-hydrogen) atoms. The van der Waals surface area contributed by atoms with E-state index >= 15 is 0 Å². The Labute approximate surface area is 338 Å². The van der Waals surface area contributed by atoms with E-state index in [0.717, 1.165) is 43.9 Å². The van der Waals surface area contributed by atoms with Crippen LogP contribution < -0.4 is 0 Å². The van der Waals surface area contributed by atoms with Crippen LogP contribution in [0.3, 0.4) is 0 Å². The van der Waals surface area contributed by atoms with Gasteiger partial charge in [0.25, 0.3) is 0 Å². The molecule has 6 rings (SSSR count). The Morgan fingerprint density at radius 3 is 1.39 bits per heavy atom. The van der Waals surface area contributed by atoms with Crippen molar-refractivity contribution in [3.05, 3.63) is 29.8 Å². The highest BCUT2D eigenvalue weighted by Crippen LogP contribution is 2.62. The molecule has 0 spiro atoms. The lowest BCUT2D eigenvalue weighted by atomic mass is 9.47. The summed E-state index contributed by atoms with van der Waals surface area (Å²) in [4.78, 5) is 24.9. The maximum atomic E-state index is 12.8. The molecule has 0 aliphatic heterocycles. The zero-order chi connectivity index (χ0) is 36.1. The van der Waals surface area contributed by atoms with E-state index in [9.17, 15) is 9.59 Å². The van der Waals surface area contributed by atoms with Crippen LogP contribution in [-0.4, -0.2) is 28.2 Å². The summed E-state index contributed by atoms with van der Waals surface area (Å²) < 4.78 is 12.3. The molecule has 5 heteroatoms.